The van der Waals surface area contributed by atoms with Gasteiger partial charge in [-0.25, -0.2) is 4.79 Å². The van der Waals surface area contributed by atoms with Crippen molar-refractivity contribution >= 4 is 35.8 Å². The maximum absolute atomic E-state index is 13.2. The van der Waals surface area contributed by atoms with Crippen molar-refractivity contribution in [1.82, 2.24) is 0 Å². The molecule has 2 N–H and O–H groups in total. The number of carboxylic acid groups (broad SMARTS) is 1. The molecular formula is C30H34N2O6SSi. The Bertz CT molecular complexity index is 1600. The summed E-state index contributed by atoms with van der Waals surface area (Å²) >= 11 is 0. The molecule has 2 unspecified atom stereocenters. The molecular weight excluding hydrogens is 544 g/mol. The second-order valence-electron chi connectivity index (χ2n) is 11.5. The summed E-state index contributed by atoms with van der Waals surface area (Å²) in [6.45, 7) is 9.82. The van der Waals surface area contributed by atoms with Crippen molar-refractivity contribution in [2.24, 2.45) is 4.99 Å². The number of nitrogens with one attached hydrogen (secondary N) is 1. The van der Waals surface area contributed by atoms with Gasteiger partial charge >= 0.3 is 5.97 Å². The molecule has 3 aliphatic rings. The molecule has 0 saturated heterocycles. The fourth-order valence-electron chi connectivity index (χ4n) is 5.80. The van der Waals surface area contributed by atoms with Crippen LogP contribution in [0.3, 0.4) is 0 Å². The van der Waals surface area contributed by atoms with E-state index in [1.807, 2.05) is 38.1 Å². The van der Waals surface area contributed by atoms with Gasteiger partial charge in [-0.05, 0) is 74.5 Å². The summed E-state index contributed by atoms with van der Waals surface area (Å²) in [6.07, 6.45) is 5.88. The molecule has 2 aliphatic heterocycles. The highest BCUT2D eigenvalue weighted by Crippen LogP contribution is 2.56. The third-order valence-electron chi connectivity index (χ3n) is 7.57. The van der Waals surface area contributed by atoms with Crippen molar-refractivity contribution in [3.8, 4) is 0 Å². The molecule has 0 radical (unpaired) electrons. The van der Waals surface area contributed by atoms with Crippen molar-refractivity contribution in [2.45, 2.75) is 62.2 Å². The number of nitrogens with zero attached hydrogens (tertiary/aromatic N) is 1. The van der Waals surface area contributed by atoms with Crippen LogP contribution in [0.25, 0.3) is 0 Å². The molecule has 0 aromatic heterocycles. The summed E-state index contributed by atoms with van der Waals surface area (Å²) in [5.74, 6) is -1.04. The first-order chi connectivity index (χ1) is 18.8. The van der Waals surface area contributed by atoms with Gasteiger partial charge < -0.3 is 14.8 Å². The van der Waals surface area contributed by atoms with E-state index in [-0.39, 0.29) is 17.1 Å². The Labute approximate surface area is 236 Å². The molecule has 0 fully saturated rings. The third-order valence-corrected chi connectivity index (χ3v) is 9.89. The van der Waals surface area contributed by atoms with Gasteiger partial charge in [0, 0.05) is 18.3 Å². The predicted octanol–water partition coefficient (Wildman–Crippen LogP) is 5.70. The standard InChI is InChI=1S/C30H34N2O6SSi/c1-6-29(38-40(3,4)5,19-37-39(35,36)22-13-11-20(2)12-14-22)17-21-18-31-26-16-15-23(28(33)34)27-30(21,26)24-9-7-8-10-25(24)32-27/h7-16,18,32H,6,17,19H2,1-5H3,(H,33,34). The van der Waals surface area contributed by atoms with E-state index >= 15 is 0 Å². The number of aliphatic imine (C=N–C) groups is 1. The largest absolute Gasteiger partial charge is 0.478 e. The van der Waals surface area contributed by atoms with Gasteiger partial charge in [-0.3, -0.25) is 9.18 Å². The molecule has 1 spiro atoms. The van der Waals surface area contributed by atoms with Crippen molar-refractivity contribution in [1.29, 1.82) is 0 Å². The van der Waals surface area contributed by atoms with E-state index in [9.17, 15) is 18.3 Å². The first-order valence-corrected chi connectivity index (χ1v) is 18.1. The second kappa shape index (κ2) is 9.95. The first kappa shape index (κ1) is 28.2. The van der Waals surface area contributed by atoms with Gasteiger partial charge in [0.2, 0.25) is 0 Å². The van der Waals surface area contributed by atoms with Crippen molar-refractivity contribution in [2.75, 3.05) is 11.9 Å². The molecule has 2 aromatic rings. The molecule has 8 nitrogen and oxygen atoms in total. The molecule has 2 heterocycles. The van der Waals surface area contributed by atoms with Gasteiger partial charge in [0.15, 0.2) is 8.32 Å². The Kier molecular flexibility index (Phi) is 7.02. The van der Waals surface area contributed by atoms with Crippen LogP contribution >= 0.6 is 0 Å². The normalized spacial score (nSPS) is 21.1. The lowest BCUT2D eigenvalue weighted by Gasteiger charge is -2.42. The lowest BCUT2D eigenvalue weighted by atomic mass is 9.65. The molecule has 0 saturated carbocycles. The molecule has 210 valence electrons. The molecule has 10 heteroatoms. The molecule has 5 rings (SSSR count). The van der Waals surface area contributed by atoms with E-state index in [0.717, 1.165) is 22.4 Å². The zero-order chi connectivity index (χ0) is 28.9. The number of aliphatic carboxylic acids is 1. The molecule has 40 heavy (non-hydrogen) atoms. The molecule has 0 amide bonds. The maximum Gasteiger partial charge on any atom is 0.337 e. The van der Waals surface area contributed by atoms with Gasteiger partial charge in [0.1, 0.15) is 5.41 Å². The number of fused-ring (bicyclic) bond motifs is 1. The first-order valence-electron chi connectivity index (χ1n) is 13.3. The highest BCUT2D eigenvalue weighted by molar-refractivity contribution is 7.86. The van der Waals surface area contributed by atoms with Crippen LogP contribution < -0.4 is 5.32 Å². The van der Waals surface area contributed by atoms with Crippen molar-refractivity contribution in [3.63, 3.8) is 0 Å². The van der Waals surface area contributed by atoms with Gasteiger partial charge in [-0.1, -0.05) is 42.8 Å². The topological polar surface area (TPSA) is 114 Å². The Morgan fingerprint density at radius 2 is 1.80 bits per heavy atom. The summed E-state index contributed by atoms with van der Waals surface area (Å²) in [5.41, 5.74) is 2.98. The van der Waals surface area contributed by atoms with E-state index in [1.54, 1.807) is 30.5 Å². The number of anilines is 1. The third kappa shape index (κ3) is 4.79. The Morgan fingerprint density at radius 3 is 2.45 bits per heavy atom. The number of carbonyl (C=O) groups is 1. The van der Waals surface area contributed by atoms with Crippen LogP contribution in [0.5, 0.6) is 0 Å². The van der Waals surface area contributed by atoms with Gasteiger partial charge in [-0.2, -0.15) is 8.42 Å². The van der Waals surface area contributed by atoms with E-state index in [1.165, 1.54) is 12.1 Å². The van der Waals surface area contributed by atoms with Crippen LogP contribution in [-0.4, -0.2) is 45.7 Å². The van der Waals surface area contributed by atoms with Gasteiger partial charge in [0.05, 0.1) is 34.1 Å². The summed E-state index contributed by atoms with van der Waals surface area (Å²) in [7, 11) is -6.27. The smallest absolute Gasteiger partial charge is 0.337 e. The lowest BCUT2D eigenvalue weighted by molar-refractivity contribution is -0.132. The average molecular weight is 579 g/mol. The highest BCUT2D eigenvalue weighted by Gasteiger charge is 2.56. The van der Waals surface area contributed by atoms with E-state index < -0.39 is 35.4 Å². The fourth-order valence-corrected chi connectivity index (χ4v) is 8.35. The Morgan fingerprint density at radius 1 is 1.10 bits per heavy atom. The molecule has 0 bridgehead atoms. The molecule has 1 aliphatic carbocycles. The quantitative estimate of drug-likeness (QED) is 0.275. The number of hydrogen-bond acceptors (Lipinski definition) is 7. The number of hydrogen-bond donors (Lipinski definition) is 2. The summed E-state index contributed by atoms with van der Waals surface area (Å²) < 4.78 is 38.9. The monoisotopic (exact) mass is 578 g/mol. The summed E-state index contributed by atoms with van der Waals surface area (Å²) in [6, 6.07) is 14.3. The highest BCUT2D eigenvalue weighted by atomic mass is 32.2. The van der Waals surface area contributed by atoms with E-state index in [0.29, 0.717) is 24.3 Å². The minimum absolute atomic E-state index is 0.0862. The predicted molar refractivity (Wildman–Crippen MR) is 157 cm³/mol. The van der Waals surface area contributed by atoms with Crippen LogP contribution in [0.2, 0.25) is 19.6 Å². The van der Waals surface area contributed by atoms with Crippen LogP contribution in [0.15, 0.2) is 93.6 Å². The molecule has 2 aromatic carbocycles. The van der Waals surface area contributed by atoms with Crippen molar-refractivity contribution in [3.05, 3.63) is 94.9 Å². The van der Waals surface area contributed by atoms with Crippen LogP contribution in [0, 0.1) is 6.92 Å². The Hall–Kier alpha value is -3.31. The number of para-hydroxylation sites is 1. The zero-order valence-corrected chi connectivity index (χ0v) is 25.1. The number of benzene rings is 2. The summed E-state index contributed by atoms with van der Waals surface area (Å²) in [5, 5.41) is 13.4. The molecule has 2 atom stereocenters. The number of rotatable bonds is 10. The van der Waals surface area contributed by atoms with E-state index in [4.69, 9.17) is 13.6 Å². The van der Waals surface area contributed by atoms with Crippen LogP contribution in [0.1, 0.15) is 30.9 Å². The number of carboxylic acids is 1. The number of allylic oxidation sites excluding steroid dienone is 2. The van der Waals surface area contributed by atoms with E-state index in [2.05, 4.69) is 25.0 Å². The van der Waals surface area contributed by atoms with Gasteiger partial charge in [-0.15, -0.1) is 0 Å². The van der Waals surface area contributed by atoms with Crippen molar-refractivity contribution < 1.29 is 26.9 Å². The average Bonchev–Trinajstić information content (AvgIpc) is 3.44. The maximum atomic E-state index is 13.2. The minimum Gasteiger partial charge on any atom is -0.478 e. The Balaban J connectivity index is 1.57. The van der Waals surface area contributed by atoms with Crippen LogP contribution in [0.4, 0.5) is 5.69 Å². The van der Waals surface area contributed by atoms with Crippen LogP contribution in [-0.2, 0) is 28.9 Å². The zero-order valence-electron chi connectivity index (χ0n) is 23.3. The summed E-state index contributed by atoms with van der Waals surface area (Å²) in [4.78, 5) is 17.2. The SMILES string of the molecule is CCC(COS(=O)(=O)c1ccc(C)cc1)(CC1=CN=C2C=CC(C(=O)O)=C3Nc4ccccc4C123)O[Si](C)(C)C. The second-order valence-corrected chi connectivity index (χ2v) is 17.5. The van der Waals surface area contributed by atoms with Gasteiger partial charge in [0.25, 0.3) is 10.1 Å². The number of aryl methyl sites for hydroxylation is 1. The fraction of sp³-hybridized carbons (Fsp3) is 0.333. The minimum atomic E-state index is -4.04. The lowest BCUT2D eigenvalue weighted by Crippen LogP contribution is -2.49.